The van der Waals surface area contributed by atoms with Crippen molar-refractivity contribution in [2.24, 2.45) is 0 Å². The summed E-state index contributed by atoms with van der Waals surface area (Å²) in [5.74, 6) is 1.52. The Hall–Kier alpha value is -3.79. The fourth-order valence-electron chi connectivity index (χ4n) is 2.77. The summed E-state index contributed by atoms with van der Waals surface area (Å²) in [6, 6.07) is 11.2. The van der Waals surface area contributed by atoms with Crippen LogP contribution in [0.15, 0.2) is 47.3 Å². The van der Waals surface area contributed by atoms with Crippen LogP contribution in [-0.4, -0.2) is 33.7 Å². The zero-order chi connectivity index (χ0) is 20.5. The maximum Gasteiger partial charge on any atom is 0.291 e. The van der Waals surface area contributed by atoms with E-state index in [0.717, 1.165) is 0 Å². The highest BCUT2D eigenvalue weighted by Crippen LogP contribution is 2.31. The summed E-state index contributed by atoms with van der Waals surface area (Å²) in [6.45, 7) is 0. The molecular weight excluding hydrogens is 396 g/mol. The van der Waals surface area contributed by atoms with Crippen LogP contribution in [-0.2, 0) is 0 Å². The number of nitro benzene ring substituents is 1. The molecule has 146 valence electrons. The highest BCUT2D eigenvalue weighted by Gasteiger charge is 2.14. The zero-order valence-electron chi connectivity index (χ0n) is 15.4. The Bertz CT molecular complexity index is 1330. The number of rotatable bonds is 5. The van der Waals surface area contributed by atoms with E-state index in [-0.39, 0.29) is 11.2 Å². The lowest BCUT2D eigenvalue weighted by molar-refractivity contribution is -0.384. The topological polar surface area (TPSA) is 109 Å². The van der Waals surface area contributed by atoms with Gasteiger partial charge in [0.15, 0.2) is 17.3 Å². The van der Waals surface area contributed by atoms with Gasteiger partial charge in [0.25, 0.3) is 11.2 Å². The largest absolute Gasteiger partial charge is 0.493 e. The Morgan fingerprint density at radius 1 is 1.10 bits per heavy atom. The molecule has 0 aliphatic heterocycles. The summed E-state index contributed by atoms with van der Waals surface area (Å²) in [6.07, 6.45) is 1.66. The molecule has 0 fully saturated rings. The number of hydrogen-bond acceptors (Lipinski definition) is 8. The van der Waals surface area contributed by atoms with E-state index >= 15 is 0 Å². The molecule has 0 aliphatic carbocycles. The molecule has 0 saturated heterocycles. The van der Waals surface area contributed by atoms with E-state index < -0.39 is 4.92 Å². The molecule has 0 spiro atoms. The van der Waals surface area contributed by atoms with Gasteiger partial charge in [-0.1, -0.05) is 11.3 Å². The molecule has 2 aromatic carbocycles. The van der Waals surface area contributed by atoms with Crippen LogP contribution in [0.3, 0.4) is 0 Å². The highest BCUT2D eigenvalue weighted by atomic mass is 32.1. The number of methoxy groups -OCH3 is 2. The maximum atomic E-state index is 12.7. The number of aromatic nitrogens is 3. The average Bonchev–Trinajstić information content (AvgIpc) is 3.27. The van der Waals surface area contributed by atoms with Crippen LogP contribution in [0.25, 0.3) is 22.4 Å². The van der Waals surface area contributed by atoms with Gasteiger partial charge in [-0.3, -0.25) is 14.9 Å². The van der Waals surface area contributed by atoms with Crippen molar-refractivity contribution in [3.8, 4) is 22.9 Å². The normalized spacial score (nSPS) is 11.7. The van der Waals surface area contributed by atoms with Gasteiger partial charge >= 0.3 is 0 Å². The van der Waals surface area contributed by atoms with Crippen molar-refractivity contribution in [1.82, 2.24) is 14.6 Å². The van der Waals surface area contributed by atoms with Gasteiger partial charge in [0.2, 0.25) is 4.96 Å². The second kappa shape index (κ2) is 7.32. The molecule has 29 heavy (non-hydrogen) atoms. The van der Waals surface area contributed by atoms with E-state index in [0.29, 0.717) is 37.9 Å². The lowest BCUT2D eigenvalue weighted by Crippen LogP contribution is -2.23. The van der Waals surface area contributed by atoms with Gasteiger partial charge in [0, 0.05) is 17.7 Å². The molecule has 4 aromatic rings. The Morgan fingerprint density at radius 3 is 2.45 bits per heavy atom. The first-order chi connectivity index (χ1) is 14.0. The van der Waals surface area contributed by atoms with E-state index in [1.54, 1.807) is 43.5 Å². The van der Waals surface area contributed by atoms with Gasteiger partial charge in [-0.25, -0.2) is 0 Å². The number of thiazole rings is 1. The smallest absolute Gasteiger partial charge is 0.291 e. The number of non-ortho nitro benzene ring substituents is 1. The molecule has 0 N–H and O–H groups in total. The van der Waals surface area contributed by atoms with Gasteiger partial charge in [-0.2, -0.15) is 9.50 Å². The first-order valence-electron chi connectivity index (χ1n) is 8.38. The van der Waals surface area contributed by atoms with Gasteiger partial charge < -0.3 is 9.47 Å². The predicted molar refractivity (Wildman–Crippen MR) is 108 cm³/mol. The minimum absolute atomic E-state index is 0.00768. The Labute approximate surface area is 167 Å². The summed E-state index contributed by atoms with van der Waals surface area (Å²) in [4.78, 5) is 27.8. The monoisotopic (exact) mass is 410 g/mol. The number of nitrogens with zero attached hydrogens (tertiary/aromatic N) is 4. The van der Waals surface area contributed by atoms with Crippen molar-refractivity contribution in [3.05, 3.63) is 73.0 Å². The van der Waals surface area contributed by atoms with Gasteiger partial charge in [-0.15, -0.1) is 5.10 Å². The molecule has 0 saturated carbocycles. The van der Waals surface area contributed by atoms with E-state index in [4.69, 9.17) is 9.47 Å². The second-order valence-electron chi connectivity index (χ2n) is 5.96. The molecule has 0 unspecified atom stereocenters. The highest BCUT2D eigenvalue weighted by molar-refractivity contribution is 7.15. The fraction of sp³-hybridized carbons (Fsp3) is 0.105. The number of benzene rings is 2. The molecule has 0 radical (unpaired) electrons. The van der Waals surface area contributed by atoms with Crippen LogP contribution < -0.4 is 19.6 Å². The van der Waals surface area contributed by atoms with Crippen molar-refractivity contribution in [2.45, 2.75) is 0 Å². The van der Waals surface area contributed by atoms with Crippen LogP contribution in [0.2, 0.25) is 0 Å². The van der Waals surface area contributed by atoms with Crippen molar-refractivity contribution < 1.29 is 14.4 Å². The molecule has 4 rings (SSSR count). The number of nitro groups is 1. The predicted octanol–water partition coefficient (Wildman–Crippen LogP) is 2.29. The molecule has 0 amide bonds. The van der Waals surface area contributed by atoms with E-state index in [1.165, 1.54) is 35.1 Å². The zero-order valence-corrected chi connectivity index (χ0v) is 16.2. The Balaban J connectivity index is 1.73. The van der Waals surface area contributed by atoms with Crippen LogP contribution in [0.5, 0.6) is 11.5 Å². The van der Waals surface area contributed by atoms with E-state index in [9.17, 15) is 14.9 Å². The van der Waals surface area contributed by atoms with E-state index in [1.807, 2.05) is 0 Å². The number of ether oxygens (including phenoxy) is 2. The SMILES string of the molecule is COc1ccc(-c2nc3s/c(=C\c4ccc([N+](=O)[O-])cc4)c(=O)n3n2)cc1OC. The number of fused-ring (bicyclic) bond motifs is 1. The van der Waals surface area contributed by atoms with Crippen LogP contribution in [0, 0.1) is 10.1 Å². The third kappa shape index (κ3) is 3.41. The second-order valence-corrected chi connectivity index (χ2v) is 6.97. The van der Waals surface area contributed by atoms with Crippen molar-refractivity contribution in [3.63, 3.8) is 0 Å². The third-order valence-corrected chi connectivity index (χ3v) is 5.18. The van der Waals surface area contributed by atoms with Gasteiger partial charge in [-0.05, 0) is 42.0 Å². The third-order valence-electron chi connectivity index (χ3n) is 4.23. The molecule has 0 atom stereocenters. The molecule has 2 aromatic heterocycles. The quantitative estimate of drug-likeness (QED) is 0.367. The summed E-state index contributed by atoms with van der Waals surface area (Å²) in [5.41, 5.74) is 1.06. The first kappa shape index (κ1) is 18.6. The Morgan fingerprint density at radius 2 is 1.83 bits per heavy atom. The molecule has 0 bridgehead atoms. The van der Waals surface area contributed by atoms with Crippen LogP contribution >= 0.6 is 11.3 Å². The van der Waals surface area contributed by atoms with E-state index in [2.05, 4.69) is 10.1 Å². The lowest BCUT2D eigenvalue weighted by atomic mass is 10.2. The molecule has 9 nitrogen and oxygen atoms in total. The van der Waals surface area contributed by atoms with Crippen LogP contribution in [0.1, 0.15) is 5.56 Å². The molecular formula is C19H14N4O5S. The molecule has 0 aliphatic rings. The fourth-order valence-corrected chi connectivity index (χ4v) is 3.68. The van der Waals surface area contributed by atoms with Crippen molar-refractivity contribution >= 4 is 28.1 Å². The minimum atomic E-state index is -0.471. The van der Waals surface area contributed by atoms with Gasteiger partial charge in [0.1, 0.15) is 0 Å². The summed E-state index contributed by atoms with van der Waals surface area (Å²) in [7, 11) is 3.09. The lowest BCUT2D eigenvalue weighted by Gasteiger charge is -2.07. The minimum Gasteiger partial charge on any atom is -0.493 e. The van der Waals surface area contributed by atoms with Crippen molar-refractivity contribution in [2.75, 3.05) is 14.2 Å². The maximum absolute atomic E-state index is 12.7. The van der Waals surface area contributed by atoms with Gasteiger partial charge in [0.05, 0.1) is 23.7 Å². The Kier molecular flexibility index (Phi) is 4.69. The summed E-state index contributed by atoms with van der Waals surface area (Å²) in [5, 5.41) is 15.1. The first-order valence-corrected chi connectivity index (χ1v) is 9.20. The average molecular weight is 410 g/mol. The molecule has 2 heterocycles. The summed E-state index contributed by atoms with van der Waals surface area (Å²) < 4.78 is 12.2. The number of hydrogen-bond donors (Lipinski definition) is 0. The summed E-state index contributed by atoms with van der Waals surface area (Å²) >= 11 is 1.19. The standard InChI is InChI=1S/C19H14N4O5S/c1-27-14-8-5-12(10-15(14)28-2)17-20-19-22(21-17)18(24)16(29-19)9-11-3-6-13(7-4-11)23(25)26/h3-10H,1-2H3/b16-9-. The van der Waals surface area contributed by atoms with Crippen molar-refractivity contribution in [1.29, 1.82) is 0 Å². The van der Waals surface area contributed by atoms with Crippen LogP contribution in [0.4, 0.5) is 5.69 Å². The molecule has 10 heteroatoms.